The van der Waals surface area contributed by atoms with Gasteiger partial charge in [-0.1, -0.05) is 15.9 Å². The highest BCUT2D eigenvalue weighted by Crippen LogP contribution is 2.21. The molecule has 0 N–H and O–H groups in total. The second-order valence-electron chi connectivity index (χ2n) is 3.38. The molecule has 0 radical (unpaired) electrons. The molecule has 0 aromatic heterocycles. The average molecular weight is 311 g/mol. The second-order valence-corrected chi connectivity index (χ2v) is 4.30. The summed E-state index contributed by atoms with van der Waals surface area (Å²) in [7, 11) is 0. The fourth-order valence-electron chi connectivity index (χ4n) is 1.13. The van der Waals surface area contributed by atoms with Crippen molar-refractivity contribution in [3.63, 3.8) is 0 Å². The zero-order valence-electron chi connectivity index (χ0n) is 8.76. The molecule has 0 saturated carbocycles. The maximum Gasteiger partial charge on any atom is 0.395 e. The van der Waals surface area contributed by atoms with Gasteiger partial charge in [-0.15, -0.1) is 0 Å². The Morgan fingerprint density at radius 1 is 1.24 bits per heavy atom. The molecule has 17 heavy (non-hydrogen) atoms. The summed E-state index contributed by atoms with van der Waals surface area (Å²) in [4.78, 5) is 10.9. The molecule has 0 fully saturated rings. The van der Waals surface area contributed by atoms with Crippen molar-refractivity contribution in [2.24, 2.45) is 0 Å². The number of ether oxygens (including phenoxy) is 1. The third-order valence-electron chi connectivity index (χ3n) is 1.86. The van der Waals surface area contributed by atoms with Crippen LogP contribution in [0.3, 0.4) is 0 Å². The van der Waals surface area contributed by atoms with E-state index >= 15 is 0 Å². The lowest BCUT2D eigenvalue weighted by Crippen LogP contribution is -2.16. The van der Waals surface area contributed by atoms with Gasteiger partial charge in [-0.25, -0.2) is 0 Å². The second kappa shape index (κ2) is 6.05. The number of carbonyl (C=O) groups excluding carboxylic acids is 1. The lowest BCUT2D eigenvalue weighted by atomic mass is 10.2. The SMILES string of the molecule is O=C(CCOc1ccc(Br)cc1)CC(F)(F)F. The van der Waals surface area contributed by atoms with Crippen molar-refractivity contribution in [1.29, 1.82) is 0 Å². The van der Waals surface area contributed by atoms with Gasteiger partial charge in [-0.2, -0.15) is 13.2 Å². The quantitative estimate of drug-likeness (QED) is 0.828. The van der Waals surface area contributed by atoms with Crippen LogP contribution in [0.15, 0.2) is 28.7 Å². The van der Waals surface area contributed by atoms with Gasteiger partial charge in [-0.05, 0) is 24.3 Å². The van der Waals surface area contributed by atoms with E-state index in [2.05, 4.69) is 15.9 Å². The van der Waals surface area contributed by atoms with Crippen LogP contribution < -0.4 is 4.74 Å². The van der Waals surface area contributed by atoms with Crippen LogP contribution in [0.4, 0.5) is 13.2 Å². The van der Waals surface area contributed by atoms with Crippen LogP contribution >= 0.6 is 15.9 Å². The fourth-order valence-corrected chi connectivity index (χ4v) is 1.39. The minimum Gasteiger partial charge on any atom is -0.493 e. The van der Waals surface area contributed by atoms with Gasteiger partial charge in [0.15, 0.2) is 0 Å². The molecule has 0 spiro atoms. The first-order valence-corrected chi connectivity index (χ1v) is 5.63. The minimum absolute atomic E-state index is 0.0451. The Hall–Kier alpha value is -1.04. The van der Waals surface area contributed by atoms with E-state index < -0.39 is 18.4 Å². The highest BCUT2D eigenvalue weighted by Gasteiger charge is 2.30. The van der Waals surface area contributed by atoms with Crippen molar-refractivity contribution in [2.75, 3.05) is 6.61 Å². The summed E-state index contributed by atoms with van der Waals surface area (Å²) in [5, 5.41) is 0. The molecule has 1 rings (SSSR count). The molecule has 0 amide bonds. The number of ketones is 1. The molecule has 0 atom stereocenters. The van der Waals surface area contributed by atoms with E-state index in [1.54, 1.807) is 24.3 Å². The van der Waals surface area contributed by atoms with Crippen LogP contribution in [-0.2, 0) is 4.79 Å². The third kappa shape index (κ3) is 6.31. The normalized spacial score (nSPS) is 11.3. The zero-order chi connectivity index (χ0) is 12.9. The summed E-state index contributed by atoms with van der Waals surface area (Å²) in [6, 6.07) is 6.82. The van der Waals surface area contributed by atoms with Crippen LogP contribution in [0.2, 0.25) is 0 Å². The van der Waals surface area contributed by atoms with Gasteiger partial charge in [-0.3, -0.25) is 4.79 Å². The molecular weight excluding hydrogens is 301 g/mol. The van der Waals surface area contributed by atoms with Crippen LogP contribution in [0, 0.1) is 0 Å². The summed E-state index contributed by atoms with van der Waals surface area (Å²) in [5.41, 5.74) is 0. The maximum atomic E-state index is 11.8. The molecule has 0 bridgehead atoms. The highest BCUT2D eigenvalue weighted by atomic mass is 79.9. The average Bonchev–Trinajstić information content (AvgIpc) is 2.18. The first-order chi connectivity index (χ1) is 7.87. The predicted octanol–water partition coefficient (Wildman–Crippen LogP) is 3.74. The Balaban J connectivity index is 2.28. The molecule has 0 aliphatic carbocycles. The van der Waals surface area contributed by atoms with Gasteiger partial charge in [0.05, 0.1) is 6.61 Å². The number of hydrogen-bond acceptors (Lipinski definition) is 2. The molecule has 2 nitrogen and oxygen atoms in total. The van der Waals surface area contributed by atoms with Crippen molar-refractivity contribution in [2.45, 2.75) is 19.0 Å². The minimum atomic E-state index is -4.44. The van der Waals surface area contributed by atoms with Crippen LogP contribution in [0.1, 0.15) is 12.8 Å². The maximum absolute atomic E-state index is 11.8. The molecule has 1 aromatic carbocycles. The van der Waals surface area contributed by atoms with Crippen LogP contribution in [0.25, 0.3) is 0 Å². The van der Waals surface area contributed by atoms with E-state index in [1.807, 2.05) is 0 Å². The smallest absolute Gasteiger partial charge is 0.395 e. The number of halogens is 4. The van der Waals surface area contributed by atoms with Crippen molar-refractivity contribution in [1.82, 2.24) is 0 Å². The number of carbonyl (C=O) groups is 1. The van der Waals surface area contributed by atoms with E-state index in [9.17, 15) is 18.0 Å². The van der Waals surface area contributed by atoms with Gasteiger partial charge in [0.2, 0.25) is 0 Å². The van der Waals surface area contributed by atoms with Crippen LogP contribution in [-0.4, -0.2) is 18.6 Å². The molecule has 0 unspecified atom stereocenters. The van der Waals surface area contributed by atoms with E-state index in [-0.39, 0.29) is 13.0 Å². The monoisotopic (exact) mass is 310 g/mol. The molecule has 94 valence electrons. The Kier molecular flexibility index (Phi) is 4.99. The summed E-state index contributed by atoms with van der Waals surface area (Å²) < 4.78 is 41.5. The van der Waals surface area contributed by atoms with Gasteiger partial charge in [0.25, 0.3) is 0 Å². The fraction of sp³-hybridized carbons (Fsp3) is 0.364. The standard InChI is InChI=1S/C11H10BrF3O2/c12-8-1-3-10(4-2-8)17-6-5-9(16)7-11(13,14)15/h1-4H,5-7H2. The number of hydrogen-bond donors (Lipinski definition) is 0. The van der Waals surface area contributed by atoms with Gasteiger partial charge in [0.1, 0.15) is 18.0 Å². The largest absolute Gasteiger partial charge is 0.493 e. The van der Waals surface area contributed by atoms with Crippen molar-refractivity contribution in [3.8, 4) is 5.75 Å². The molecular formula is C11H10BrF3O2. The zero-order valence-corrected chi connectivity index (χ0v) is 10.3. The van der Waals surface area contributed by atoms with E-state index in [4.69, 9.17) is 4.74 Å². The van der Waals surface area contributed by atoms with Gasteiger partial charge >= 0.3 is 6.18 Å². The predicted molar refractivity (Wildman–Crippen MR) is 59.9 cm³/mol. The summed E-state index contributed by atoms with van der Waals surface area (Å²) in [5.74, 6) is -0.345. The van der Waals surface area contributed by atoms with E-state index in [0.717, 1.165) is 4.47 Å². The summed E-state index contributed by atoms with van der Waals surface area (Å²) in [6.45, 7) is -0.0451. The van der Waals surface area contributed by atoms with Crippen LogP contribution in [0.5, 0.6) is 5.75 Å². The highest BCUT2D eigenvalue weighted by molar-refractivity contribution is 9.10. The molecule has 1 aromatic rings. The lowest BCUT2D eigenvalue weighted by molar-refractivity contribution is -0.152. The number of Topliss-reactive ketones (excluding diaryl/α,β-unsaturated/α-hetero) is 1. The topological polar surface area (TPSA) is 26.3 Å². The van der Waals surface area contributed by atoms with Gasteiger partial charge < -0.3 is 4.74 Å². The first kappa shape index (κ1) is 14.0. The van der Waals surface area contributed by atoms with Crippen molar-refractivity contribution >= 4 is 21.7 Å². The number of alkyl halides is 3. The van der Waals surface area contributed by atoms with Crippen molar-refractivity contribution < 1.29 is 22.7 Å². The summed E-state index contributed by atoms with van der Waals surface area (Å²) in [6.07, 6.45) is -6.07. The molecule has 0 heterocycles. The molecule has 6 heteroatoms. The lowest BCUT2D eigenvalue weighted by Gasteiger charge is -2.07. The Labute approximate surface area is 105 Å². The number of rotatable bonds is 5. The molecule has 0 aliphatic heterocycles. The van der Waals surface area contributed by atoms with Crippen molar-refractivity contribution in [3.05, 3.63) is 28.7 Å². The number of benzene rings is 1. The molecule has 0 aliphatic rings. The van der Waals surface area contributed by atoms with E-state index in [1.165, 1.54) is 0 Å². The Bertz CT molecular complexity index is 373. The van der Waals surface area contributed by atoms with E-state index in [0.29, 0.717) is 5.75 Å². The summed E-state index contributed by atoms with van der Waals surface area (Å²) >= 11 is 3.24. The van der Waals surface area contributed by atoms with Gasteiger partial charge in [0, 0.05) is 10.9 Å². The Morgan fingerprint density at radius 2 is 1.82 bits per heavy atom. The molecule has 0 saturated heterocycles. The third-order valence-corrected chi connectivity index (χ3v) is 2.39. The first-order valence-electron chi connectivity index (χ1n) is 4.83. The Morgan fingerprint density at radius 3 is 2.35 bits per heavy atom.